The van der Waals surface area contributed by atoms with Gasteiger partial charge in [0.25, 0.3) is 0 Å². The van der Waals surface area contributed by atoms with Crippen molar-refractivity contribution in [2.45, 2.75) is 11.3 Å². The first-order valence-electron chi connectivity index (χ1n) is 3.17. The number of alkyl halides is 1. The number of halogens is 1. The standard InChI is InChI=1S/C8H9BrS/c9-6-5-7-3-1-2-4-8(7)10/h1-4,10H,5-6H2. The fourth-order valence-electron chi connectivity index (χ4n) is 0.824. The van der Waals surface area contributed by atoms with Gasteiger partial charge < -0.3 is 0 Å². The lowest BCUT2D eigenvalue weighted by molar-refractivity contribution is 1.11. The molecule has 0 aliphatic rings. The Bertz CT molecular complexity index is 210. The third-order valence-electron chi connectivity index (χ3n) is 1.36. The highest BCUT2D eigenvalue weighted by molar-refractivity contribution is 9.09. The Morgan fingerprint density at radius 2 is 2.00 bits per heavy atom. The van der Waals surface area contributed by atoms with E-state index in [9.17, 15) is 0 Å². The van der Waals surface area contributed by atoms with Gasteiger partial charge in [-0.05, 0) is 18.1 Å². The van der Waals surface area contributed by atoms with Crippen molar-refractivity contribution >= 4 is 28.6 Å². The molecule has 0 aliphatic heterocycles. The maximum Gasteiger partial charge on any atom is 0.00723 e. The van der Waals surface area contributed by atoms with E-state index in [4.69, 9.17) is 0 Å². The highest BCUT2D eigenvalue weighted by Crippen LogP contribution is 2.13. The van der Waals surface area contributed by atoms with E-state index < -0.39 is 0 Å². The molecule has 0 fully saturated rings. The molecule has 54 valence electrons. The van der Waals surface area contributed by atoms with Crippen molar-refractivity contribution < 1.29 is 0 Å². The number of rotatable bonds is 2. The van der Waals surface area contributed by atoms with Gasteiger partial charge in [-0.25, -0.2) is 0 Å². The molecule has 0 aliphatic carbocycles. The SMILES string of the molecule is Sc1ccccc1CCBr. The summed E-state index contributed by atoms with van der Waals surface area (Å²) in [6.07, 6.45) is 1.06. The van der Waals surface area contributed by atoms with Crippen LogP contribution < -0.4 is 0 Å². The molecule has 0 N–H and O–H groups in total. The van der Waals surface area contributed by atoms with E-state index in [-0.39, 0.29) is 0 Å². The zero-order chi connectivity index (χ0) is 7.40. The van der Waals surface area contributed by atoms with E-state index in [0.717, 1.165) is 16.6 Å². The van der Waals surface area contributed by atoms with Crippen LogP contribution in [-0.2, 0) is 6.42 Å². The molecular weight excluding hydrogens is 208 g/mol. The summed E-state index contributed by atoms with van der Waals surface area (Å²) in [5.41, 5.74) is 1.31. The molecule has 10 heavy (non-hydrogen) atoms. The molecular formula is C8H9BrS. The second kappa shape index (κ2) is 4.04. The highest BCUT2D eigenvalue weighted by Gasteiger charge is 1.93. The third kappa shape index (κ3) is 2.03. The Kier molecular flexibility index (Phi) is 3.29. The lowest BCUT2D eigenvalue weighted by Gasteiger charge is -1.99. The first kappa shape index (κ1) is 8.15. The molecule has 0 amide bonds. The lowest BCUT2D eigenvalue weighted by Crippen LogP contribution is -1.85. The summed E-state index contributed by atoms with van der Waals surface area (Å²) < 4.78 is 0. The molecule has 1 rings (SSSR count). The normalized spacial score (nSPS) is 9.80. The van der Waals surface area contributed by atoms with Crippen molar-refractivity contribution in [3.05, 3.63) is 29.8 Å². The minimum absolute atomic E-state index is 1.00. The molecule has 0 nitrogen and oxygen atoms in total. The number of hydrogen-bond acceptors (Lipinski definition) is 1. The number of aryl methyl sites for hydroxylation is 1. The van der Waals surface area contributed by atoms with E-state index in [1.54, 1.807) is 0 Å². The van der Waals surface area contributed by atoms with Gasteiger partial charge in [0.05, 0.1) is 0 Å². The van der Waals surface area contributed by atoms with Crippen LogP contribution in [0.1, 0.15) is 5.56 Å². The van der Waals surface area contributed by atoms with Gasteiger partial charge in [0, 0.05) is 10.2 Å². The van der Waals surface area contributed by atoms with Crippen molar-refractivity contribution in [2.24, 2.45) is 0 Å². The van der Waals surface area contributed by atoms with Crippen LogP contribution in [0.4, 0.5) is 0 Å². The zero-order valence-corrected chi connectivity index (χ0v) is 8.03. The first-order chi connectivity index (χ1) is 4.84. The molecule has 0 unspecified atom stereocenters. The van der Waals surface area contributed by atoms with Crippen molar-refractivity contribution in [3.63, 3.8) is 0 Å². The Morgan fingerprint density at radius 3 is 2.60 bits per heavy atom. The van der Waals surface area contributed by atoms with Gasteiger partial charge in [0.2, 0.25) is 0 Å². The van der Waals surface area contributed by atoms with E-state index >= 15 is 0 Å². The van der Waals surface area contributed by atoms with Gasteiger partial charge in [0.1, 0.15) is 0 Å². The van der Waals surface area contributed by atoms with Gasteiger partial charge >= 0.3 is 0 Å². The Labute approximate surface area is 75.2 Å². The van der Waals surface area contributed by atoms with E-state index in [0.29, 0.717) is 0 Å². The van der Waals surface area contributed by atoms with Crippen molar-refractivity contribution in [1.82, 2.24) is 0 Å². The minimum Gasteiger partial charge on any atom is -0.143 e. The van der Waals surface area contributed by atoms with Crippen LogP contribution in [0.3, 0.4) is 0 Å². The van der Waals surface area contributed by atoms with E-state index in [1.165, 1.54) is 5.56 Å². The third-order valence-corrected chi connectivity index (χ3v) is 2.19. The monoisotopic (exact) mass is 216 g/mol. The fourth-order valence-corrected chi connectivity index (χ4v) is 1.52. The molecule has 1 aromatic carbocycles. The number of benzene rings is 1. The molecule has 1 aromatic rings. The summed E-state index contributed by atoms with van der Waals surface area (Å²) in [7, 11) is 0. The predicted octanol–water partition coefficient (Wildman–Crippen LogP) is 2.91. The van der Waals surface area contributed by atoms with Crippen molar-refractivity contribution in [2.75, 3.05) is 5.33 Å². The minimum atomic E-state index is 1.00. The smallest absolute Gasteiger partial charge is 0.00723 e. The van der Waals surface area contributed by atoms with Crippen molar-refractivity contribution in [1.29, 1.82) is 0 Å². The quantitative estimate of drug-likeness (QED) is 0.571. The van der Waals surface area contributed by atoms with Gasteiger partial charge in [-0.2, -0.15) is 0 Å². The molecule has 0 saturated carbocycles. The summed E-state index contributed by atoms with van der Waals surface area (Å²) in [6, 6.07) is 8.16. The molecule has 0 radical (unpaired) electrons. The number of thiol groups is 1. The summed E-state index contributed by atoms with van der Waals surface area (Å²) in [5, 5.41) is 1.00. The number of hydrogen-bond donors (Lipinski definition) is 1. The van der Waals surface area contributed by atoms with Crippen LogP contribution in [0, 0.1) is 0 Å². The lowest BCUT2D eigenvalue weighted by atomic mass is 10.2. The van der Waals surface area contributed by atoms with Gasteiger partial charge in [-0.15, -0.1) is 12.6 Å². The van der Waals surface area contributed by atoms with Crippen molar-refractivity contribution in [3.8, 4) is 0 Å². The maximum atomic E-state index is 4.31. The first-order valence-corrected chi connectivity index (χ1v) is 4.74. The van der Waals surface area contributed by atoms with E-state index in [1.807, 2.05) is 18.2 Å². The average Bonchev–Trinajstić information content (AvgIpc) is 1.94. The predicted molar refractivity (Wildman–Crippen MR) is 51.2 cm³/mol. The van der Waals surface area contributed by atoms with Crippen LogP contribution >= 0.6 is 28.6 Å². The van der Waals surface area contributed by atoms with Crippen LogP contribution in [-0.4, -0.2) is 5.33 Å². The van der Waals surface area contributed by atoms with Crippen LogP contribution in [0.15, 0.2) is 29.2 Å². The Balaban J connectivity index is 2.81. The molecule has 0 saturated heterocycles. The average molecular weight is 217 g/mol. The van der Waals surface area contributed by atoms with Crippen LogP contribution in [0.25, 0.3) is 0 Å². The van der Waals surface area contributed by atoms with E-state index in [2.05, 4.69) is 34.6 Å². The molecule has 0 aromatic heterocycles. The largest absolute Gasteiger partial charge is 0.143 e. The summed E-state index contributed by atoms with van der Waals surface area (Å²) >= 11 is 7.70. The Hall–Kier alpha value is 0.0500. The van der Waals surface area contributed by atoms with Crippen LogP contribution in [0.2, 0.25) is 0 Å². The molecule has 0 spiro atoms. The topological polar surface area (TPSA) is 0 Å². The molecule has 0 heterocycles. The molecule has 0 bridgehead atoms. The van der Waals surface area contributed by atoms with Gasteiger partial charge in [-0.1, -0.05) is 34.1 Å². The zero-order valence-electron chi connectivity index (χ0n) is 5.55. The fraction of sp³-hybridized carbons (Fsp3) is 0.250. The maximum absolute atomic E-state index is 4.31. The molecule has 2 heteroatoms. The highest BCUT2D eigenvalue weighted by atomic mass is 79.9. The summed E-state index contributed by atoms with van der Waals surface area (Å²) in [6.45, 7) is 0. The second-order valence-corrected chi connectivity index (χ2v) is 3.34. The van der Waals surface area contributed by atoms with Gasteiger partial charge in [-0.3, -0.25) is 0 Å². The van der Waals surface area contributed by atoms with Crippen LogP contribution in [0.5, 0.6) is 0 Å². The summed E-state index contributed by atoms with van der Waals surface area (Å²) in [4.78, 5) is 1.09. The van der Waals surface area contributed by atoms with Gasteiger partial charge in [0.15, 0.2) is 0 Å². The molecule has 0 atom stereocenters. The Morgan fingerprint density at radius 1 is 1.30 bits per heavy atom. The second-order valence-electron chi connectivity index (χ2n) is 2.07. The summed E-state index contributed by atoms with van der Waals surface area (Å²) in [5.74, 6) is 0.